The van der Waals surface area contributed by atoms with Crippen molar-refractivity contribution in [2.45, 2.75) is 90.9 Å². The summed E-state index contributed by atoms with van der Waals surface area (Å²) >= 11 is 0. The summed E-state index contributed by atoms with van der Waals surface area (Å²) in [5, 5.41) is 45.8. The van der Waals surface area contributed by atoms with Gasteiger partial charge in [-0.3, -0.25) is 67.8 Å². The molecule has 24 nitrogen and oxygen atoms in total. The van der Waals surface area contributed by atoms with Gasteiger partial charge in [0.1, 0.15) is 0 Å². The number of aryl methyl sites for hydroxylation is 2. The van der Waals surface area contributed by atoms with Gasteiger partial charge in [-0.15, -0.1) is 0 Å². The molecule has 0 fully saturated rings. The van der Waals surface area contributed by atoms with Gasteiger partial charge in [0.05, 0.1) is 68.5 Å². The first kappa shape index (κ1) is 59.3. The number of fused-ring (bicyclic) bond motifs is 8. The number of amides is 3. The Morgan fingerprint density at radius 2 is 1.26 bits per heavy atom. The van der Waals surface area contributed by atoms with E-state index in [1.54, 1.807) is 14.0 Å². The Bertz CT molecular complexity index is 2860. The predicted molar refractivity (Wildman–Crippen MR) is 277 cm³/mol. The van der Waals surface area contributed by atoms with Crippen LogP contribution in [0.15, 0.2) is 18.2 Å². The zero-order chi connectivity index (χ0) is 56.0. The molecule has 24 heteroatoms. The number of nitrogens with zero attached hydrogens (tertiary/aromatic N) is 5. The van der Waals surface area contributed by atoms with Crippen LogP contribution in [0, 0.1) is 13.8 Å². The minimum atomic E-state index is -1.27. The summed E-state index contributed by atoms with van der Waals surface area (Å²) < 4.78 is 5.22. The third-order valence-electron chi connectivity index (χ3n) is 13.7. The second-order valence-electron chi connectivity index (χ2n) is 19.2. The number of aliphatic carboxylic acids is 4. The number of rotatable bonds is 28. The number of Topliss-reactive ketones (excluding diaryl/α,β-unsaturated/α-hetero) is 1. The van der Waals surface area contributed by atoms with E-state index in [1.807, 2.05) is 32.0 Å². The first-order valence-electron chi connectivity index (χ1n) is 25.2. The Hall–Kier alpha value is -7.57. The molecule has 76 heavy (non-hydrogen) atoms. The van der Waals surface area contributed by atoms with Crippen LogP contribution in [0.5, 0.6) is 0 Å². The number of ether oxygens (including phenoxy) is 1. The van der Waals surface area contributed by atoms with Crippen LogP contribution in [0.4, 0.5) is 0 Å². The van der Waals surface area contributed by atoms with E-state index in [0.717, 1.165) is 28.3 Å². The molecule has 0 saturated carbocycles. The quantitative estimate of drug-likeness (QED) is 0.0286. The van der Waals surface area contributed by atoms with Gasteiger partial charge in [-0.05, 0) is 75.8 Å². The van der Waals surface area contributed by atoms with Crippen molar-refractivity contribution in [2.75, 3.05) is 86.1 Å². The molecule has 3 aromatic rings. The van der Waals surface area contributed by atoms with Crippen LogP contribution in [0.25, 0.3) is 22.1 Å². The van der Waals surface area contributed by atoms with Gasteiger partial charge in [-0.2, -0.15) is 0 Å². The van der Waals surface area contributed by atoms with Gasteiger partial charge in [0.2, 0.25) is 11.8 Å². The topological polar surface area (TPSA) is 347 Å². The second-order valence-corrected chi connectivity index (χ2v) is 19.2. The van der Waals surface area contributed by atoms with Gasteiger partial charge in [-0.25, -0.2) is 0 Å². The third kappa shape index (κ3) is 16.0. The molecule has 0 spiro atoms. The summed E-state index contributed by atoms with van der Waals surface area (Å²) in [6.45, 7) is 6.37. The normalized spacial score (nSPS) is 15.2. The van der Waals surface area contributed by atoms with Crippen molar-refractivity contribution >= 4 is 75.4 Å². The van der Waals surface area contributed by atoms with E-state index in [0.29, 0.717) is 63.0 Å². The van der Waals surface area contributed by atoms with E-state index in [1.165, 1.54) is 23.8 Å². The molecule has 1 unspecified atom stereocenters. The maximum Gasteiger partial charge on any atom is 0.317 e. The molecule has 2 aliphatic heterocycles. The number of carboxylic acid groups (broad SMARTS) is 4. The van der Waals surface area contributed by atoms with E-state index in [2.05, 4.69) is 32.8 Å². The van der Waals surface area contributed by atoms with Crippen LogP contribution in [-0.4, -0.2) is 195 Å². The number of hydrogen-bond donors (Lipinski definition) is 9. The molecule has 8 bridgehead atoms. The van der Waals surface area contributed by atoms with Crippen LogP contribution in [-0.2, 0) is 51.1 Å². The van der Waals surface area contributed by atoms with Crippen LogP contribution in [0.2, 0.25) is 0 Å². The minimum Gasteiger partial charge on any atom is -0.480 e. The largest absolute Gasteiger partial charge is 0.480 e. The van der Waals surface area contributed by atoms with Gasteiger partial charge in [0, 0.05) is 110 Å². The molecule has 3 aromatic heterocycles. The average Bonchev–Trinajstić information content (AvgIpc) is 4.07. The van der Waals surface area contributed by atoms with Crippen molar-refractivity contribution in [3.05, 3.63) is 68.8 Å². The molecule has 0 aliphatic carbocycles. The maximum atomic E-state index is 14.6. The molecule has 412 valence electrons. The number of hydrogen-bond acceptors (Lipinski definition) is 15. The molecule has 0 saturated heterocycles. The van der Waals surface area contributed by atoms with Crippen molar-refractivity contribution in [2.24, 2.45) is 0 Å². The smallest absolute Gasteiger partial charge is 0.317 e. The fourth-order valence-electron chi connectivity index (χ4n) is 9.77. The first-order chi connectivity index (χ1) is 36.0. The van der Waals surface area contributed by atoms with Gasteiger partial charge in [-0.1, -0.05) is 13.8 Å². The fraction of sp³-hybridized carbons (Fsp3) is 0.519. The number of methoxy groups -OCH3 is 1. The number of aromatic nitrogens is 4. The number of H-pyrrole nitrogens is 2. The summed E-state index contributed by atoms with van der Waals surface area (Å²) in [5.41, 5.74) is 7.22. The lowest BCUT2D eigenvalue weighted by Gasteiger charge is -2.27. The van der Waals surface area contributed by atoms with Gasteiger partial charge < -0.3 is 51.1 Å². The Kier molecular flexibility index (Phi) is 21.3. The minimum absolute atomic E-state index is 0.00381. The van der Waals surface area contributed by atoms with E-state index in [9.17, 15) is 63.6 Å². The lowest BCUT2D eigenvalue weighted by molar-refractivity contribution is -0.143. The summed E-state index contributed by atoms with van der Waals surface area (Å²) in [5.74, 6) is -7.70. The monoisotopic (exact) mass is 1060 g/mol. The number of ketones is 1. The molecular formula is C52H70N10O14. The van der Waals surface area contributed by atoms with Crippen LogP contribution in [0.1, 0.15) is 124 Å². The number of esters is 1. The van der Waals surface area contributed by atoms with Gasteiger partial charge in [0.15, 0.2) is 5.78 Å². The molecule has 2 aliphatic rings. The molecule has 3 amide bonds. The second kappa shape index (κ2) is 27.3. The van der Waals surface area contributed by atoms with Crippen LogP contribution < -0.4 is 16.0 Å². The molecule has 0 aromatic carbocycles. The molecule has 9 N–H and O–H groups in total. The number of carbonyl (C=O) groups is 9. The van der Waals surface area contributed by atoms with Gasteiger partial charge in [0.25, 0.3) is 5.91 Å². The van der Waals surface area contributed by atoms with E-state index < -0.39 is 73.8 Å². The highest BCUT2D eigenvalue weighted by molar-refractivity contribution is 6.06. The van der Waals surface area contributed by atoms with Gasteiger partial charge >= 0.3 is 29.8 Å². The first-order valence-corrected chi connectivity index (χ1v) is 25.2. The average molecular weight is 1060 g/mol. The lowest BCUT2D eigenvalue weighted by Crippen LogP contribution is -2.46. The fourth-order valence-corrected chi connectivity index (χ4v) is 9.77. The molecule has 0 radical (unpaired) electrons. The molecule has 3 atom stereocenters. The highest BCUT2D eigenvalue weighted by Gasteiger charge is 2.34. The Morgan fingerprint density at radius 1 is 0.711 bits per heavy atom. The predicted octanol–water partition coefficient (Wildman–Crippen LogP) is 2.48. The summed E-state index contributed by atoms with van der Waals surface area (Å²) in [6, 6.07) is 5.68. The van der Waals surface area contributed by atoms with Crippen molar-refractivity contribution in [1.29, 1.82) is 0 Å². The highest BCUT2D eigenvalue weighted by atomic mass is 16.5. The van der Waals surface area contributed by atoms with E-state index in [4.69, 9.17) is 14.7 Å². The summed E-state index contributed by atoms with van der Waals surface area (Å²) in [6.07, 6.45) is 1.75. The van der Waals surface area contributed by atoms with Crippen LogP contribution in [0.3, 0.4) is 0 Å². The Balaban J connectivity index is 1.46. The number of aromatic amines is 2. The van der Waals surface area contributed by atoms with E-state index in [-0.39, 0.29) is 94.2 Å². The number of carbonyl (C=O) groups excluding carboxylic acids is 5. The lowest BCUT2D eigenvalue weighted by atomic mass is 9.85. The van der Waals surface area contributed by atoms with Crippen molar-refractivity contribution in [1.82, 2.24) is 50.6 Å². The Labute approximate surface area is 439 Å². The number of nitrogens with one attached hydrogen (secondary N) is 5. The SMILES string of the molecule is CC[C@@H]1Cc2cc3[nH]c(cc4nc(c(CC(=O)OC)c5[nH]c(cc1n2)c(C)c5C(=O)NCCCNC(=O)CN(CCN(CCN(CC(=O)O)CC(=O)O)CC(=O)O)CC(=O)O)[C@@H](CCC(=O)NC)C4C)c(C)c3C(C)=O. The van der Waals surface area contributed by atoms with E-state index >= 15 is 0 Å². The Morgan fingerprint density at radius 3 is 1.84 bits per heavy atom. The van der Waals surface area contributed by atoms with Crippen molar-refractivity contribution < 1.29 is 68.3 Å². The zero-order valence-corrected chi connectivity index (χ0v) is 44.1. The maximum absolute atomic E-state index is 14.6. The summed E-state index contributed by atoms with van der Waals surface area (Å²) in [7, 11) is 2.81. The third-order valence-corrected chi connectivity index (χ3v) is 13.7. The van der Waals surface area contributed by atoms with Crippen molar-refractivity contribution in [3.8, 4) is 0 Å². The number of carboxylic acids is 4. The highest BCUT2D eigenvalue weighted by Crippen LogP contribution is 2.43. The molecule has 5 rings (SSSR count). The molecular weight excluding hydrogens is 989 g/mol. The van der Waals surface area contributed by atoms with Crippen LogP contribution >= 0.6 is 0 Å². The zero-order valence-electron chi connectivity index (χ0n) is 44.1. The standard InChI is InChI=1S/C52H70N10O14/c1-8-32-18-33-19-40-48(31(5)63)29(3)37(57-40)21-36-28(2)34(10-11-41(64)53-6)50(58-36)35(20-47(74)76-7)51-49(30(4)38(59-51)22-39(32)56-33)52(75)55-13-9-12-54-42(65)23-61(25-44(68)69)16-14-60(24-43(66)67)15-17-62(26-45(70)71)27-46(72)73/h19,21-22,28,32,34,57,59H,8-18,20,23-27H2,1-7H3,(H,53,64)(H,54,65)(H,55,75)(H,66,67)(H,68,69)(H,70,71)(H,72,73)/t28?,32-,34+/m1/s1. The van der Waals surface area contributed by atoms with Crippen molar-refractivity contribution in [3.63, 3.8) is 0 Å². The summed E-state index contributed by atoms with van der Waals surface area (Å²) in [4.78, 5) is 134. The molecule has 5 heterocycles.